The van der Waals surface area contributed by atoms with E-state index in [0.717, 1.165) is 33.5 Å². The summed E-state index contributed by atoms with van der Waals surface area (Å²) in [5.74, 6) is 0.710. The largest absolute Gasteiger partial charge is 0.228 e. The molecule has 278 valence electrons. The van der Waals surface area contributed by atoms with Crippen LogP contribution in [0, 0.1) is 0 Å². The zero-order valence-electron chi connectivity index (χ0n) is 33.0. The molecule has 0 saturated carbocycles. The Bertz CT molecular complexity index is 3220. The Morgan fingerprint density at radius 2 is 0.881 bits per heavy atom. The van der Waals surface area contributed by atoms with Crippen LogP contribution in [-0.4, -0.2) is 9.97 Å². The second-order valence-corrected chi connectivity index (χ2v) is 16.1. The SMILES string of the molecule is CC1(C)c2cc3ccccc3cc2-c2c(-c3cc(-c4ccc(-c5cc(-c6ccccc6)ccc5-c5ccccc5)c5ccccc45)nc(-c4ccccc4)n3)cccc21. The lowest BCUT2D eigenvalue weighted by Crippen LogP contribution is -2.14. The van der Waals surface area contributed by atoms with E-state index in [1.807, 2.05) is 6.07 Å². The van der Waals surface area contributed by atoms with E-state index in [-0.39, 0.29) is 5.41 Å². The van der Waals surface area contributed by atoms with E-state index in [1.165, 1.54) is 71.8 Å². The van der Waals surface area contributed by atoms with Crippen LogP contribution in [0.15, 0.2) is 206 Å². The average Bonchev–Trinajstić information content (AvgIpc) is 3.53. The Morgan fingerprint density at radius 3 is 1.59 bits per heavy atom. The van der Waals surface area contributed by atoms with Gasteiger partial charge in [0.15, 0.2) is 5.82 Å². The molecule has 2 heteroatoms. The van der Waals surface area contributed by atoms with E-state index in [4.69, 9.17) is 9.97 Å². The van der Waals surface area contributed by atoms with Gasteiger partial charge in [0, 0.05) is 22.1 Å². The number of aromatic nitrogens is 2. The first-order valence-corrected chi connectivity index (χ1v) is 20.4. The van der Waals surface area contributed by atoms with Crippen molar-refractivity contribution in [1.82, 2.24) is 9.97 Å². The van der Waals surface area contributed by atoms with Gasteiger partial charge >= 0.3 is 0 Å². The van der Waals surface area contributed by atoms with Gasteiger partial charge in [0.1, 0.15) is 0 Å². The number of fused-ring (bicyclic) bond motifs is 5. The summed E-state index contributed by atoms with van der Waals surface area (Å²) >= 11 is 0. The highest BCUT2D eigenvalue weighted by Crippen LogP contribution is 2.53. The maximum Gasteiger partial charge on any atom is 0.160 e. The minimum Gasteiger partial charge on any atom is -0.228 e. The summed E-state index contributed by atoms with van der Waals surface area (Å²) in [5, 5.41) is 4.84. The van der Waals surface area contributed by atoms with Gasteiger partial charge in [0.25, 0.3) is 0 Å². The fraction of sp³-hybridized carbons (Fsp3) is 0.0526. The quantitative estimate of drug-likeness (QED) is 0.169. The molecule has 0 radical (unpaired) electrons. The molecule has 10 aromatic rings. The van der Waals surface area contributed by atoms with Crippen LogP contribution < -0.4 is 0 Å². The maximum atomic E-state index is 5.38. The van der Waals surface area contributed by atoms with E-state index in [2.05, 4.69) is 214 Å². The Hall–Kier alpha value is -7.42. The second kappa shape index (κ2) is 13.9. The lowest BCUT2D eigenvalue weighted by Gasteiger charge is -2.22. The molecule has 0 amide bonds. The summed E-state index contributed by atoms with van der Waals surface area (Å²) in [5.41, 5.74) is 17.2. The van der Waals surface area contributed by atoms with Crippen molar-refractivity contribution in [2.45, 2.75) is 19.3 Å². The lowest BCUT2D eigenvalue weighted by molar-refractivity contribution is 0.661. The summed E-state index contributed by atoms with van der Waals surface area (Å²) in [6.45, 7) is 4.70. The predicted octanol–water partition coefficient (Wildman–Crippen LogP) is 15.1. The van der Waals surface area contributed by atoms with Gasteiger partial charge in [-0.1, -0.05) is 196 Å². The molecule has 11 rings (SSSR count). The number of hydrogen-bond acceptors (Lipinski definition) is 2. The van der Waals surface area contributed by atoms with Gasteiger partial charge in [-0.3, -0.25) is 0 Å². The molecule has 1 aliphatic rings. The highest BCUT2D eigenvalue weighted by Gasteiger charge is 2.37. The molecule has 0 N–H and O–H groups in total. The minimum absolute atomic E-state index is 0.161. The fourth-order valence-electron chi connectivity index (χ4n) is 9.33. The Labute approximate surface area is 345 Å². The monoisotopic (exact) mass is 752 g/mol. The van der Waals surface area contributed by atoms with Crippen LogP contribution in [0.1, 0.15) is 25.0 Å². The average molecular weight is 753 g/mol. The third-order valence-electron chi connectivity index (χ3n) is 12.3. The van der Waals surface area contributed by atoms with Crippen molar-refractivity contribution in [3.63, 3.8) is 0 Å². The van der Waals surface area contributed by atoms with E-state index < -0.39 is 0 Å². The standard InChI is InChI=1S/C57H40N2/c1-57(2)51-28-16-27-48(55(51)50-34-40-23-12-13-24-41(40)35-52(50)57)54-36-53(58-56(59-54)39-21-10-5-11-22-39)47-32-31-46(44-25-14-15-26-45(44)47)49-33-42(37-17-6-3-7-18-37)29-30-43(49)38-19-8-4-9-20-38/h3-36H,1-2H3. The van der Waals surface area contributed by atoms with Gasteiger partial charge < -0.3 is 0 Å². The van der Waals surface area contributed by atoms with E-state index in [0.29, 0.717) is 5.82 Å². The zero-order chi connectivity index (χ0) is 39.5. The number of hydrogen-bond donors (Lipinski definition) is 0. The summed E-state index contributed by atoms with van der Waals surface area (Å²) < 4.78 is 0. The lowest BCUT2D eigenvalue weighted by atomic mass is 9.81. The normalized spacial score (nSPS) is 12.7. The van der Waals surface area contributed by atoms with Crippen LogP contribution in [0.2, 0.25) is 0 Å². The van der Waals surface area contributed by atoms with E-state index >= 15 is 0 Å². The topological polar surface area (TPSA) is 25.8 Å². The summed E-state index contributed by atoms with van der Waals surface area (Å²) in [7, 11) is 0. The zero-order valence-corrected chi connectivity index (χ0v) is 33.0. The molecule has 1 aliphatic carbocycles. The van der Waals surface area contributed by atoms with Gasteiger partial charge in [-0.25, -0.2) is 9.97 Å². The van der Waals surface area contributed by atoms with Crippen molar-refractivity contribution in [1.29, 1.82) is 0 Å². The molecule has 0 bridgehead atoms. The van der Waals surface area contributed by atoms with Crippen molar-refractivity contribution in [2.75, 3.05) is 0 Å². The third-order valence-corrected chi connectivity index (χ3v) is 12.3. The second-order valence-electron chi connectivity index (χ2n) is 16.1. The van der Waals surface area contributed by atoms with Crippen molar-refractivity contribution < 1.29 is 0 Å². The summed E-state index contributed by atoms with van der Waals surface area (Å²) in [6.07, 6.45) is 0. The van der Waals surface area contributed by atoms with Crippen molar-refractivity contribution in [3.8, 4) is 78.4 Å². The van der Waals surface area contributed by atoms with Gasteiger partial charge in [0.2, 0.25) is 0 Å². The van der Waals surface area contributed by atoms with Crippen LogP contribution in [0.3, 0.4) is 0 Å². The molecule has 0 fully saturated rings. The molecule has 59 heavy (non-hydrogen) atoms. The predicted molar refractivity (Wildman–Crippen MR) is 247 cm³/mol. The van der Waals surface area contributed by atoms with Gasteiger partial charge in [0.05, 0.1) is 11.4 Å². The molecule has 0 saturated heterocycles. The molecule has 0 spiro atoms. The number of nitrogens with zero attached hydrogens (tertiary/aromatic N) is 2. The molecule has 0 unspecified atom stereocenters. The fourth-order valence-corrected chi connectivity index (χ4v) is 9.33. The molecule has 2 nitrogen and oxygen atoms in total. The maximum absolute atomic E-state index is 5.38. The Kier molecular flexibility index (Phi) is 8.20. The van der Waals surface area contributed by atoms with E-state index in [1.54, 1.807) is 0 Å². The molecule has 0 atom stereocenters. The van der Waals surface area contributed by atoms with Crippen LogP contribution in [-0.2, 0) is 5.41 Å². The number of benzene rings is 9. The molecule has 1 heterocycles. The number of rotatable bonds is 6. The van der Waals surface area contributed by atoms with Crippen LogP contribution in [0.4, 0.5) is 0 Å². The first-order valence-electron chi connectivity index (χ1n) is 20.4. The van der Waals surface area contributed by atoms with Crippen molar-refractivity contribution in [3.05, 3.63) is 217 Å². The highest BCUT2D eigenvalue weighted by molar-refractivity contribution is 6.07. The molecular weight excluding hydrogens is 713 g/mol. The smallest absolute Gasteiger partial charge is 0.160 e. The van der Waals surface area contributed by atoms with Gasteiger partial charge in [-0.05, 0) is 101 Å². The molecule has 0 aliphatic heterocycles. The van der Waals surface area contributed by atoms with E-state index in [9.17, 15) is 0 Å². The van der Waals surface area contributed by atoms with Gasteiger partial charge in [-0.2, -0.15) is 0 Å². The summed E-state index contributed by atoms with van der Waals surface area (Å²) in [4.78, 5) is 10.7. The third kappa shape index (κ3) is 5.87. The van der Waals surface area contributed by atoms with Crippen molar-refractivity contribution in [2.24, 2.45) is 0 Å². The van der Waals surface area contributed by atoms with Crippen LogP contribution >= 0.6 is 0 Å². The van der Waals surface area contributed by atoms with Crippen LogP contribution in [0.5, 0.6) is 0 Å². The molecule has 9 aromatic carbocycles. The first-order chi connectivity index (χ1) is 29.0. The van der Waals surface area contributed by atoms with Crippen molar-refractivity contribution >= 4 is 21.5 Å². The van der Waals surface area contributed by atoms with Gasteiger partial charge in [-0.15, -0.1) is 0 Å². The highest BCUT2D eigenvalue weighted by atomic mass is 14.9. The molecular formula is C57H40N2. The minimum atomic E-state index is -0.161. The van der Waals surface area contributed by atoms with Crippen LogP contribution in [0.25, 0.3) is 100.0 Å². The molecule has 1 aromatic heterocycles. The Balaban J connectivity index is 1.13. The first kappa shape index (κ1) is 34.8. The Morgan fingerprint density at radius 1 is 0.322 bits per heavy atom. The summed E-state index contributed by atoms with van der Waals surface area (Å²) in [6, 6.07) is 74.4.